The molecule has 0 unspecified atom stereocenters. The van der Waals surface area contributed by atoms with Crippen LogP contribution in [-0.4, -0.2) is 10.4 Å². The summed E-state index contributed by atoms with van der Waals surface area (Å²) in [5.41, 5.74) is 6.48. The Balaban J connectivity index is 1.76. The zero-order chi connectivity index (χ0) is 13.7. The first-order valence-electron chi connectivity index (χ1n) is 7.54. The number of carbonyl (C=O) groups excluding carboxylic acids is 1. The van der Waals surface area contributed by atoms with E-state index >= 15 is 0 Å². The minimum Gasteiger partial charge on any atom is -0.344 e. The highest BCUT2D eigenvalue weighted by molar-refractivity contribution is 5.98. The lowest BCUT2D eigenvalue weighted by molar-refractivity contribution is 0.0971. The first-order chi connectivity index (χ1) is 9.74. The molecule has 2 aliphatic rings. The number of Topliss-reactive ketones (excluding diaryl/α,β-unsaturated/α-hetero) is 1. The Morgan fingerprint density at radius 2 is 1.80 bits per heavy atom. The van der Waals surface area contributed by atoms with Crippen LogP contribution in [0.3, 0.4) is 0 Å². The molecule has 1 aromatic heterocycles. The fraction of sp³-hybridized carbons (Fsp3) is 0.389. The molecule has 0 fully saturated rings. The van der Waals surface area contributed by atoms with Gasteiger partial charge in [0.1, 0.15) is 0 Å². The molecule has 4 rings (SSSR count). The van der Waals surface area contributed by atoms with Gasteiger partial charge in [0.15, 0.2) is 5.78 Å². The van der Waals surface area contributed by atoms with Crippen LogP contribution in [0.4, 0.5) is 0 Å². The Morgan fingerprint density at radius 1 is 1.10 bits per heavy atom. The zero-order valence-electron chi connectivity index (χ0n) is 11.9. The Labute approximate surface area is 119 Å². The van der Waals surface area contributed by atoms with Crippen LogP contribution < -0.4 is 0 Å². The summed E-state index contributed by atoms with van der Waals surface area (Å²) in [5.74, 6) is 0.337. The van der Waals surface area contributed by atoms with Crippen molar-refractivity contribution in [1.29, 1.82) is 0 Å². The molecule has 2 aliphatic carbocycles. The lowest BCUT2D eigenvalue weighted by Gasteiger charge is -2.21. The molecule has 0 N–H and O–H groups in total. The average Bonchev–Trinajstić information content (AvgIpc) is 2.99. The molecule has 2 aromatic rings. The third-order valence-corrected chi connectivity index (χ3v) is 4.85. The van der Waals surface area contributed by atoms with Crippen LogP contribution in [-0.2, 0) is 19.3 Å². The maximum atomic E-state index is 12.1. The number of fused-ring (bicyclic) bond motifs is 2. The Morgan fingerprint density at radius 3 is 2.50 bits per heavy atom. The smallest absolute Gasteiger partial charge is 0.164 e. The molecule has 0 spiro atoms. The molecule has 0 bridgehead atoms. The second-order valence-corrected chi connectivity index (χ2v) is 6.12. The first kappa shape index (κ1) is 12.0. The molecule has 0 atom stereocenters. The summed E-state index contributed by atoms with van der Waals surface area (Å²) in [6.07, 6.45) is 5.00. The second-order valence-electron chi connectivity index (χ2n) is 6.12. The summed E-state index contributed by atoms with van der Waals surface area (Å²) in [7, 11) is 0. The van der Waals surface area contributed by atoms with E-state index in [2.05, 4.69) is 41.8 Å². The molecular formula is C18H19NO. The van der Waals surface area contributed by atoms with E-state index in [0.29, 0.717) is 11.8 Å². The fourth-order valence-electron chi connectivity index (χ4n) is 3.98. The fourth-order valence-corrected chi connectivity index (χ4v) is 3.98. The summed E-state index contributed by atoms with van der Waals surface area (Å²) < 4.78 is 2.45. The summed E-state index contributed by atoms with van der Waals surface area (Å²) in [6, 6.07) is 11.4. The Bertz CT molecular complexity index is 670. The van der Waals surface area contributed by atoms with Gasteiger partial charge in [0, 0.05) is 29.4 Å². The minimum atomic E-state index is 0.337. The molecule has 2 nitrogen and oxygen atoms in total. The van der Waals surface area contributed by atoms with Gasteiger partial charge in [-0.1, -0.05) is 24.3 Å². The van der Waals surface area contributed by atoms with E-state index in [-0.39, 0.29) is 0 Å². The molecule has 0 saturated heterocycles. The number of carbonyl (C=O) groups is 1. The number of aromatic nitrogens is 1. The van der Waals surface area contributed by atoms with Crippen LogP contribution in [0.15, 0.2) is 30.3 Å². The van der Waals surface area contributed by atoms with Crippen molar-refractivity contribution in [3.63, 3.8) is 0 Å². The number of hydrogen-bond acceptors (Lipinski definition) is 1. The van der Waals surface area contributed by atoms with Crippen molar-refractivity contribution in [2.45, 2.75) is 45.1 Å². The number of rotatable bonds is 1. The van der Waals surface area contributed by atoms with Gasteiger partial charge in [0.25, 0.3) is 0 Å². The maximum Gasteiger partial charge on any atom is 0.164 e. The zero-order valence-corrected chi connectivity index (χ0v) is 11.9. The van der Waals surface area contributed by atoms with Gasteiger partial charge in [0.05, 0.1) is 0 Å². The third kappa shape index (κ3) is 1.67. The quantitative estimate of drug-likeness (QED) is 0.771. The topological polar surface area (TPSA) is 22.0 Å². The van der Waals surface area contributed by atoms with E-state index in [4.69, 9.17) is 0 Å². The summed E-state index contributed by atoms with van der Waals surface area (Å²) in [5, 5.41) is 0. The van der Waals surface area contributed by atoms with Crippen LogP contribution in [0.2, 0.25) is 0 Å². The van der Waals surface area contributed by atoms with E-state index in [9.17, 15) is 4.79 Å². The standard InChI is InChI=1S/C18H19NO/c1-12-9-16-17(7-4-8-18(16)20)19(12)15-10-13-5-2-3-6-14(13)11-15/h2-3,5-6,9,15H,4,7-8,10-11H2,1H3. The summed E-state index contributed by atoms with van der Waals surface area (Å²) in [4.78, 5) is 12.1. The van der Waals surface area contributed by atoms with E-state index < -0.39 is 0 Å². The first-order valence-corrected chi connectivity index (χ1v) is 7.54. The molecule has 102 valence electrons. The second kappa shape index (κ2) is 4.34. The van der Waals surface area contributed by atoms with E-state index in [1.165, 1.54) is 22.5 Å². The van der Waals surface area contributed by atoms with Crippen molar-refractivity contribution in [2.24, 2.45) is 0 Å². The SMILES string of the molecule is Cc1cc2c(n1C1Cc3ccccc3C1)CCCC2=O. The van der Waals surface area contributed by atoms with Gasteiger partial charge in [-0.3, -0.25) is 4.79 Å². The lowest BCUT2D eigenvalue weighted by atomic mass is 9.96. The van der Waals surface area contributed by atoms with Crippen LogP contribution in [0, 0.1) is 6.92 Å². The summed E-state index contributed by atoms with van der Waals surface area (Å²) in [6.45, 7) is 2.15. The van der Waals surface area contributed by atoms with Gasteiger partial charge in [-0.2, -0.15) is 0 Å². The number of ketones is 1. The molecular weight excluding hydrogens is 246 g/mol. The average molecular weight is 265 g/mol. The van der Waals surface area contributed by atoms with Crippen LogP contribution in [0.5, 0.6) is 0 Å². The largest absolute Gasteiger partial charge is 0.344 e. The molecule has 20 heavy (non-hydrogen) atoms. The summed E-state index contributed by atoms with van der Waals surface area (Å²) >= 11 is 0. The highest BCUT2D eigenvalue weighted by atomic mass is 16.1. The molecule has 1 heterocycles. The molecule has 2 heteroatoms. The van der Waals surface area contributed by atoms with Crippen LogP contribution in [0.25, 0.3) is 0 Å². The normalized spacial score (nSPS) is 18.1. The van der Waals surface area contributed by atoms with Gasteiger partial charge in [-0.05, 0) is 49.8 Å². The van der Waals surface area contributed by atoms with Gasteiger partial charge in [0.2, 0.25) is 0 Å². The number of hydrogen-bond donors (Lipinski definition) is 0. The molecule has 1 aromatic carbocycles. The van der Waals surface area contributed by atoms with Crippen LogP contribution >= 0.6 is 0 Å². The number of benzene rings is 1. The Hall–Kier alpha value is -1.83. The Kier molecular flexibility index (Phi) is 2.59. The van der Waals surface area contributed by atoms with Gasteiger partial charge < -0.3 is 4.57 Å². The van der Waals surface area contributed by atoms with Crippen molar-refractivity contribution in [2.75, 3.05) is 0 Å². The van der Waals surface area contributed by atoms with E-state index in [1.54, 1.807) is 0 Å². The van der Waals surface area contributed by atoms with Crippen LogP contribution in [0.1, 0.15) is 51.8 Å². The molecule has 0 amide bonds. The lowest BCUT2D eigenvalue weighted by Crippen LogP contribution is -2.18. The number of nitrogens with zero attached hydrogens (tertiary/aromatic N) is 1. The van der Waals surface area contributed by atoms with Gasteiger partial charge >= 0.3 is 0 Å². The van der Waals surface area contributed by atoms with Crippen molar-refractivity contribution in [3.05, 3.63) is 58.4 Å². The predicted octanol–water partition coefficient (Wildman–Crippen LogP) is 3.66. The highest BCUT2D eigenvalue weighted by Gasteiger charge is 2.29. The molecule has 0 radical (unpaired) electrons. The molecule has 0 aliphatic heterocycles. The molecule has 0 saturated carbocycles. The highest BCUT2D eigenvalue weighted by Crippen LogP contribution is 2.35. The minimum absolute atomic E-state index is 0.337. The predicted molar refractivity (Wildman–Crippen MR) is 79.3 cm³/mol. The third-order valence-electron chi connectivity index (χ3n) is 4.85. The van der Waals surface area contributed by atoms with Crippen molar-refractivity contribution in [3.8, 4) is 0 Å². The van der Waals surface area contributed by atoms with Crippen molar-refractivity contribution < 1.29 is 4.79 Å². The van der Waals surface area contributed by atoms with Gasteiger partial charge in [-0.15, -0.1) is 0 Å². The van der Waals surface area contributed by atoms with Crippen molar-refractivity contribution >= 4 is 5.78 Å². The van der Waals surface area contributed by atoms with Gasteiger partial charge in [-0.25, -0.2) is 0 Å². The van der Waals surface area contributed by atoms with E-state index in [0.717, 1.165) is 37.7 Å². The van der Waals surface area contributed by atoms with E-state index in [1.807, 2.05) is 0 Å². The van der Waals surface area contributed by atoms with Crippen molar-refractivity contribution in [1.82, 2.24) is 4.57 Å². The maximum absolute atomic E-state index is 12.1. The number of aryl methyl sites for hydroxylation is 1. The monoisotopic (exact) mass is 265 g/mol.